The van der Waals surface area contributed by atoms with Crippen LogP contribution in [-0.4, -0.2) is 17.4 Å². The molecule has 0 aliphatic carbocycles. The summed E-state index contributed by atoms with van der Waals surface area (Å²) in [6.07, 6.45) is 1.06. The highest BCUT2D eigenvalue weighted by Crippen LogP contribution is 2.18. The first-order valence-electron chi connectivity index (χ1n) is 6.06. The van der Waals surface area contributed by atoms with Gasteiger partial charge in [-0.1, -0.05) is 17.7 Å². The van der Waals surface area contributed by atoms with Crippen molar-refractivity contribution >= 4 is 29.0 Å². The van der Waals surface area contributed by atoms with Crippen LogP contribution in [0, 0.1) is 5.82 Å². The van der Waals surface area contributed by atoms with Crippen LogP contribution in [0.15, 0.2) is 36.5 Å². The second-order valence-corrected chi connectivity index (χ2v) is 4.48. The third-order valence-corrected chi connectivity index (χ3v) is 2.76. The molecule has 0 unspecified atom stereocenters. The predicted molar refractivity (Wildman–Crippen MR) is 77.8 cm³/mol. The van der Waals surface area contributed by atoms with Crippen molar-refractivity contribution < 1.29 is 9.18 Å². The highest BCUT2D eigenvalue weighted by molar-refractivity contribution is 6.31. The highest BCUT2D eigenvalue weighted by atomic mass is 35.5. The zero-order chi connectivity index (χ0) is 14.5. The molecule has 4 nitrogen and oxygen atoms in total. The van der Waals surface area contributed by atoms with Crippen LogP contribution in [0.1, 0.15) is 17.3 Å². The fourth-order valence-corrected chi connectivity index (χ4v) is 1.88. The van der Waals surface area contributed by atoms with Crippen molar-refractivity contribution in [2.45, 2.75) is 6.92 Å². The molecule has 0 aliphatic rings. The summed E-state index contributed by atoms with van der Waals surface area (Å²) >= 11 is 5.84. The number of pyridine rings is 1. The summed E-state index contributed by atoms with van der Waals surface area (Å²) < 4.78 is 13.3. The third kappa shape index (κ3) is 3.45. The van der Waals surface area contributed by atoms with Crippen LogP contribution in [0.2, 0.25) is 5.02 Å². The lowest BCUT2D eigenvalue weighted by Crippen LogP contribution is -2.16. The van der Waals surface area contributed by atoms with Gasteiger partial charge in [-0.2, -0.15) is 0 Å². The van der Waals surface area contributed by atoms with Crippen molar-refractivity contribution in [3.8, 4) is 0 Å². The fraction of sp³-hybridized carbons (Fsp3) is 0.143. The van der Waals surface area contributed by atoms with Crippen LogP contribution in [0.4, 0.5) is 15.9 Å². The SMILES string of the molecule is CCNc1ncc(F)cc1C(=O)Nc1cccc(Cl)c1. The Bertz CT molecular complexity index is 634. The van der Waals surface area contributed by atoms with Gasteiger partial charge in [-0.05, 0) is 31.2 Å². The molecule has 104 valence electrons. The monoisotopic (exact) mass is 293 g/mol. The van der Waals surface area contributed by atoms with E-state index in [1.165, 1.54) is 0 Å². The Morgan fingerprint density at radius 3 is 2.90 bits per heavy atom. The van der Waals surface area contributed by atoms with Crippen LogP contribution in [-0.2, 0) is 0 Å². The Morgan fingerprint density at radius 2 is 2.20 bits per heavy atom. The molecule has 0 saturated heterocycles. The number of carbonyl (C=O) groups is 1. The molecule has 2 aromatic rings. The molecule has 1 aromatic carbocycles. The van der Waals surface area contributed by atoms with E-state index < -0.39 is 11.7 Å². The minimum Gasteiger partial charge on any atom is -0.370 e. The number of halogens is 2. The van der Waals surface area contributed by atoms with Crippen LogP contribution in [0.25, 0.3) is 0 Å². The molecule has 20 heavy (non-hydrogen) atoms. The number of benzene rings is 1. The number of anilines is 2. The molecule has 0 spiro atoms. The molecule has 0 radical (unpaired) electrons. The van der Waals surface area contributed by atoms with Gasteiger partial charge >= 0.3 is 0 Å². The van der Waals surface area contributed by atoms with E-state index in [1.807, 2.05) is 6.92 Å². The van der Waals surface area contributed by atoms with Gasteiger partial charge in [-0.15, -0.1) is 0 Å². The summed E-state index contributed by atoms with van der Waals surface area (Å²) in [4.78, 5) is 16.0. The number of carbonyl (C=O) groups excluding carboxylic acids is 1. The molecule has 0 bridgehead atoms. The fourth-order valence-electron chi connectivity index (χ4n) is 1.69. The molecule has 1 aromatic heterocycles. The Kier molecular flexibility index (Phi) is 4.53. The molecule has 1 heterocycles. The number of hydrogen-bond acceptors (Lipinski definition) is 3. The lowest BCUT2D eigenvalue weighted by atomic mass is 10.2. The van der Waals surface area contributed by atoms with Crippen LogP contribution in [0.5, 0.6) is 0 Å². The van der Waals surface area contributed by atoms with Crippen LogP contribution < -0.4 is 10.6 Å². The largest absolute Gasteiger partial charge is 0.370 e. The molecule has 0 aliphatic heterocycles. The minimum atomic E-state index is -0.567. The first-order valence-corrected chi connectivity index (χ1v) is 6.44. The van der Waals surface area contributed by atoms with Crippen LogP contribution >= 0.6 is 11.6 Å². The van der Waals surface area contributed by atoms with E-state index in [4.69, 9.17) is 11.6 Å². The van der Waals surface area contributed by atoms with E-state index in [-0.39, 0.29) is 5.56 Å². The van der Waals surface area contributed by atoms with Crippen molar-refractivity contribution in [2.24, 2.45) is 0 Å². The van der Waals surface area contributed by atoms with Gasteiger partial charge in [0.2, 0.25) is 0 Å². The number of rotatable bonds is 4. The van der Waals surface area contributed by atoms with E-state index >= 15 is 0 Å². The average Bonchev–Trinajstić information content (AvgIpc) is 2.41. The van der Waals surface area contributed by atoms with E-state index in [0.717, 1.165) is 12.3 Å². The molecule has 0 fully saturated rings. The minimum absolute atomic E-state index is 0.145. The van der Waals surface area contributed by atoms with E-state index in [1.54, 1.807) is 24.3 Å². The average molecular weight is 294 g/mol. The van der Waals surface area contributed by atoms with E-state index in [9.17, 15) is 9.18 Å². The Hall–Kier alpha value is -2.14. The molecule has 1 amide bonds. The van der Waals surface area contributed by atoms with Crippen molar-refractivity contribution in [2.75, 3.05) is 17.2 Å². The van der Waals surface area contributed by atoms with E-state index in [0.29, 0.717) is 23.1 Å². The molecular weight excluding hydrogens is 281 g/mol. The maximum Gasteiger partial charge on any atom is 0.259 e. The van der Waals surface area contributed by atoms with Crippen molar-refractivity contribution in [1.29, 1.82) is 0 Å². The maximum atomic E-state index is 13.3. The van der Waals surface area contributed by atoms with Crippen molar-refractivity contribution in [3.63, 3.8) is 0 Å². The van der Waals surface area contributed by atoms with Gasteiger partial charge in [0.05, 0.1) is 11.8 Å². The van der Waals surface area contributed by atoms with Crippen LogP contribution in [0.3, 0.4) is 0 Å². The lowest BCUT2D eigenvalue weighted by Gasteiger charge is -2.10. The second-order valence-electron chi connectivity index (χ2n) is 4.04. The number of amides is 1. The zero-order valence-electron chi connectivity index (χ0n) is 10.8. The normalized spacial score (nSPS) is 10.2. The summed E-state index contributed by atoms with van der Waals surface area (Å²) in [5, 5.41) is 6.08. The number of aromatic nitrogens is 1. The summed E-state index contributed by atoms with van der Waals surface area (Å²) in [6.45, 7) is 2.44. The molecule has 2 N–H and O–H groups in total. The Balaban J connectivity index is 2.26. The van der Waals surface area contributed by atoms with Gasteiger partial charge < -0.3 is 10.6 Å². The molecule has 0 saturated carbocycles. The quantitative estimate of drug-likeness (QED) is 0.906. The number of nitrogens with one attached hydrogen (secondary N) is 2. The standard InChI is InChI=1S/C14H13ClFN3O/c1-2-17-13-12(7-10(16)8-18-13)14(20)19-11-5-3-4-9(15)6-11/h3-8H,2H2,1H3,(H,17,18)(H,19,20). The Labute approximate surface area is 121 Å². The molecule has 2 rings (SSSR count). The smallest absolute Gasteiger partial charge is 0.259 e. The summed E-state index contributed by atoms with van der Waals surface area (Å²) in [5.74, 6) is -0.674. The van der Waals surface area contributed by atoms with Crippen molar-refractivity contribution in [3.05, 3.63) is 52.9 Å². The van der Waals surface area contributed by atoms with E-state index in [2.05, 4.69) is 15.6 Å². The van der Waals surface area contributed by atoms with Gasteiger partial charge in [0, 0.05) is 17.3 Å². The number of hydrogen-bond donors (Lipinski definition) is 2. The van der Waals surface area contributed by atoms with Gasteiger partial charge in [0.25, 0.3) is 5.91 Å². The topological polar surface area (TPSA) is 54.0 Å². The van der Waals surface area contributed by atoms with Gasteiger partial charge in [0.15, 0.2) is 0 Å². The van der Waals surface area contributed by atoms with Gasteiger partial charge in [-0.25, -0.2) is 9.37 Å². The summed E-state index contributed by atoms with van der Waals surface area (Å²) in [6, 6.07) is 7.87. The van der Waals surface area contributed by atoms with Gasteiger partial charge in [-0.3, -0.25) is 4.79 Å². The zero-order valence-corrected chi connectivity index (χ0v) is 11.5. The Morgan fingerprint density at radius 1 is 1.40 bits per heavy atom. The van der Waals surface area contributed by atoms with Gasteiger partial charge in [0.1, 0.15) is 11.6 Å². The third-order valence-electron chi connectivity index (χ3n) is 2.53. The molecule has 6 heteroatoms. The predicted octanol–water partition coefficient (Wildman–Crippen LogP) is 3.56. The first-order chi connectivity index (χ1) is 9.60. The number of nitrogens with zero attached hydrogens (tertiary/aromatic N) is 1. The lowest BCUT2D eigenvalue weighted by molar-refractivity contribution is 0.102. The molecular formula is C14H13ClFN3O. The summed E-state index contributed by atoms with van der Waals surface area (Å²) in [7, 11) is 0. The van der Waals surface area contributed by atoms with Crippen molar-refractivity contribution in [1.82, 2.24) is 4.98 Å². The first kappa shape index (κ1) is 14.3. The second kappa shape index (κ2) is 6.34. The highest BCUT2D eigenvalue weighted by Gasteiger charge is 2.14. The molecule has 0 atom stereocenters. The summed E-state index contributed by atoms with van der Waals surface area (Å²) in [5.41, 5.74) is 0.682. The maximum absolute atomic E-state index is 13.3.